The number of nitrogens with zero attached hydrogens (tertiary/aromatic N) is 3. The van der Waals surface area contributed by atoms with Crippen molar-refractivity contribution in [2.45, 2.75) is 19.3 Å². The molecule has 0 N–H and O–H groups in total. The number of carbonyl (C=O) groups is 1. The number of carbonyl (C=O) groups excluding carboxylic acids is 1. The highest BCUT2D eigenvalue weighted by Crippen LogP contribution is 2.42. The van der Waals surface area contributed by atoms with Crippen LogP contribution in [0.1, 0.15) is 40.9 Å². The molecule has 0 aliphatic heterocycles. The molecular formula is C43H31N3O. The minimum Gasteiger partial charge on any atom is -0.289 e. The van der Waals surface area contributed by atoms with Crippen LogP contribution in [-0.2, 0) is 5.41 Å². The first-order valence-electron chi connectivity index (χ1n) is 15.8. The minimum absolute atomic E-state index is 0.0905. The Morgan fingerprint density at radius 2 is 0.809 bits per heavy atom. The van der Waals surface area contributed by atoms with Crippen molar-refractivity contribution >= 4 is 5.78 Å². The molecule has 4 heteroatoms. The van der Waals surface area contributed by atoms with E-state index in [1.807, 2.05) is 78.9 Å². The number of ketones is 1. The van der Waals surface area contributed by atoms with Crippen LogP contribution in [0.15, 0.2) is 152 Å². The van der Waals surface area contributed by atoms with Crippen LogP contribution in [0.3, 0.4) is 0 Å². The molecule has 0 unspecified atom stereocenters. The average Bonchev–Trinajstić information content (AvgIpc) is 3.14. The third-order valence-electron chi connectivity index (χ3n) is 9.15. The highest BCUT2D eigenvalue weighted by Gasteiger charge is 2.36. The second-order valence-corrected chi connectivity index (χ2v) is 12.5. The lowest BCUT2D eigenvalue weighted by atomic mass is 9.68. The third-order valence-corrected chi connectivity index (χ3v) is 9.15. The van der Waals surface area contributed by atoms with E-state index < -0.39 is 0 Å². The summed E-state index contributed by atoms with van der Waals surface area (Å²) >= 11 is 0. The van der Waals surface area contributed by atoms with Crippen molar-refractivity contribution in [3.8, 4) is 56.4 Å². The van der Waals surface area contributed by atoms with Gasteiger partial charge in [-0.25, -0.2) is 15.0 Å². The topological polar surface area (TPSA) is 55.7 Å². The van der Waals surface area contributed by atoms with Gasteiger partial charge in [0.2, 0.25) is 0 Å². The summed E-state index contributed by atoms with van der Waals surface area (Å²) in [6.45, 7) is 4.39. The lowest BCUT2D eigenvalue weighted by Gasteiger charge is -2.34. The zero-order valence-electron chi connectivity index (χ0n) is 26.2. The number of hydrogen-bond acceptors (Lipinski definition) is 4. The molecule has 0 radical (unpaired) electrons. The lowest BCUT2D eigenvalue weighted by Crippen LogP contribution is -2.30. The Hall–Kier alpha value is -6.00. The van der Waals surface area contributed by atoms with Gasteiger partial charge in [0.1, 0.15) is 0 Å². The van der Waals surface area contributed by atoms with Crippen molar-refractivity contribution in [1.82, 2.24) is 15.0 Å². The molecule has 0 spiro atoms. The molecule has 224 valence electrons. The van der Waals surface area contributed by atoms with Crippen molar-refractivity contribution < 1.29 is 4.79 Å². The molecule has 1 aliphatic rings. The second kappa shape index (κ2) is 11.4. The maximum absolute atomic E-state index is 13.6. The van der Waals surface area contributed by atoms with Crippen molar-refractivity contribution in [3.05, 3.63) is 174 Å². The molecule has 1 heterocycles. The first-order chi connectivity index (χ1) is 23.0. The van der Waals surface area contributed by atoms with E-state index in [1.54, 1.807) is 0 Å². The molecule has 4 nitrogen and oxygen atoms in total. The predicted molar refractivity (Wildman–Crippen MR) is 189 cm³/mol. The van der Waals surface area contributed by atoms with E-state index in [1.165, 1.54) is 0 Å². The van der Waals surface area contributed by atoms with Gasteiger partial charge >= 0.3 is 0 Å². The smallest absolute Gasteiger partial charge is 0.193 e. The normalized spacial score (nSPS) is 13.1. The van der Waals surface area contributed by atoms with Gasteiger partial charge in [-0.3, -0.25) is 4.79 Å². The maximum Gasteiger partial charge on any atom is 0.193 e. The highest BCUT2D eigenvalue weighted by molar-refractivity contribution is 6.13. The predicted octanol–water partition coefficient (Wildman–Crippen LogP) is 10.1. The first kappa shape index (κ1) is 28.5. The number of hydrogen-bond donors (Lipinski definition) is 0. The monoisotopic (exact) mass is 605 g/mol. The van der Waals surface area contributed by atoms with Gasteiger partial charge in [0.25, 0.3) is 0 Å². The Kier molecular flexibility index (Phi) is 6.92. The number of fused-ring (bicyclic) bond motifs is 2. The zero-order chi connectivity index (χ0) is 32.0. The molecular weight excluding hydrogens is 574 g/mol. The second-order valence-electron chi connectivity index (χ2n) is 12.5. The molecule has 0 fully saturated rings. The molecule has 1 aliphatic carbocycles. The van der Waals surface area contributed by atoms with Crippen molar-refractivity contribution in [3.63, 3.8) is 0 Å². The Morgan fingerprint density at radius 3 is 1.43 bits per heavy atom. The van der Waals surface area contributed by atoms with Crippen LogP contribution in [-0.4, -0.2) is 20.7 Å². The SMILES string of the molecule is CC1(C)c2ccccc2C(=O)c2cc(-c3cccc(-c4ccc(-c5nc(-c6ccccc6)nc(-c6ccccc6)n5)cc4)c3)ccc21. The van der Waals surface area contributed by atoms with Crippen LogP contribution in [0.25, 0.3) is 56.4 Å². The average molecular weight is 606 g/mol. The number of benzene rings is 6. The Labute approximate surface area is 274 Å². The molecule has 47 heavy (non-hydrogen) atoms. The van der Waals surface area contributed by atoms with Gasteiger partial charge in [0, 0.05) is 33.2 Å². The third kappa shape index (κ3) is 5.14. The number of aromatic nitrogens is 3. The van der Waals surface area contributed by atoms with Gasteiger partial charge in [-0.1, -0.05) is 153 Å². The standard InChI is InChI=1S/C43H31N3O/c1-43(2)37-19-10-9-18-35(37)39(47)36-27-34(24-25-38(36)43)33-17-11-16-32(26-33)28-20-22-31(23-21-28)42-45-40(29-12-5-3-6-13-29)44-41(46-42)30-14-7-4-8-15-30/h3-27H,1-2H3. The van der Waals surface area contributed by atoms with Crippen molar-refractivity contribution in [2.75, 3.05) is 0 Å². The maximum atomic E-state index is 13.6. The van der Waals surface area contributed by atoms with Crippen LogP contribution < -0.4 is 0 Å². The van der Waals surface area contributed by atoms with Crippen LogP contribution in [0.5, 0.6) is 0 Å². The largest absolute Gasteiger partial charge is 0.289 e. The van der Waals surface area contributed by atoms with Crippen LogP contribution in [0.2, 0.25) is 0 Å². The molecule has 0 saturated heterocycles. The van der Waals surface area contributed by atoms with E-state index >= 15 is 0 Å². The van der Waals surface area contributed by atoms with E-state index in [0.29, 0.717) is 17.5 Å². The summed E-state index contributed by atoms with van der Waals surface area (Å²) in [6.07, 6.45) is 0. The molecule has 0 bridgehead atoms. The molecule has 7 aromatic rings. The summed E-state index contributed by atoms with van der Waals surface area (Å²) in [6, 6.07) is 51.1. The van der Waals surface area contributed by atoms with Gasteiger partial charge in [0.15, 0.2) is 23.3 Å². The fourth-order valence-corrected chi connectivity index (χ4v) is 6.60. The van der Waals surface area contributed by atoms with Gasteiger partial charge in [0.05, 0.1) is 0 Å². The van der Waals surface area contributed by atoms with Crippen molar-refractivity contribution in [1.29, 1.82) is 0 Å². The summed E-state index contributed by atoms with van der Waals surface area (Å²) in [5.74, 6) is 2.00. The molecule has 1 aromatic heterocycles. The summed E-state index contributed by atoms with van der Waals surface area (Å²) in [7, 11) is 0. The minimum atomic E-state index is -0.246. The molecule has 6 aromatic carbocycles. The Bertz CT molecular complexity index is 2220. The fraction of sp³-hybridized carbons (Fsp3) is 0.0698. The number of rotatable bonds is 5. The lowest BCUT2D eigenvalue weighted by molar-refractivity contribution is 0.103. The fourth-order valence-electron chi connectivity index (χ4n) is 6.60. The van der Waals surface area contributed by atoms with Crippen LogP contribution in [0.4, 0.5) is 0 Å². The van der Waals surface area contributed by atoms with E-state index in [2.05, 4.69) is 86.6 Å². The summed E-state index contributed by atoms with van der Waals surface area (Å²) < 4.78 is 0. The summed E-state index contributed by atoms with van der Waals surface area (Å²) in [5.41, 5.74) is 10.5. The van der Waals surface area contributed by atoms with Crippen LogP contribution >= 0.6 is 0 Å². The van der Waals surface area contributed by atoms with Crippen LogP contribution in [0, 0.1) is 0 Å². The van der Waals surface area contributed by atoms with Gasteiger partial charge < -0.3 is 0 Å². The van der Waals surface area contributed by atoms with E-state index in [-0.39, 0.29) is 11.2 Å². The Balaban J connectivity index is 1.13. The van der Waals surface area contributed by atoms with Gasteiger partial charge in [-0.2, -0.15) is 0 Å². The van der Waals surface area contributed by atoms with E-state index in [0.717, 1.165) is 61.2 Å². The van der Waals surface area contributed by atoms with Gasteiger partial charge in [-0.05, 0) is 45.5 Å². The highest BCUT2D eigenvalue weighted by atomic mass is 16.1. The van der Waals surface area contributed by atoms with E-state index in [4.69, 9.17) is 15.0 Å². The molecule has 0 saturated carbocycles. The molecule has 8 rings (SSSR count). The quantitative estimate of drug-likeness (QED) is 0.196. The van der Waals surface area contributed by atoms with Gasteiger partial charge in [-0.15, -0.1) is 0 Å². The van der Waals surface area contributed by atoms with Crippen molar-refractivity contribution in [2.24, 2.45) is 0 Å². The summed E-state index contributed by atoms with van der Waals surface area (Å²) in [4.78, 5) is 28.2. The van der Waals surface area contributed by atoms with E-state index in [9.17, 15) is 4.79 Å². The Morgan fingerprint density at radius 1 is 0.383 bits per heavy atom. The molecule has 0 amide bonds. The zero-order valence-corrected chi connectivity index (χ0v) is 26.2. The molecule has 0 atom stereocenters. The first-order valence-corrected chi connectivity index (χ1v) is 15.8. The summed E-state index contributed by atoms with van der Waals surface area (Å²) in [5, 5.41) is 0.